The molecule has 164 valence electrons. The summed E-state index contributed by atoms with van der Waals surface area (Å²) in [5, 5.41) is 7.64. The molecule has 1 saturated carbocycles. The van der Waals surface area contributed by atoms with Gasteiger partial charge in [0, 0.05) is 36.6 Å². The van der Waals surface area contributed by atoms with Crippen LogP contribution in [0, 0.1) is 5.92 Å². The van der Waals surface area contributed by atoms with Crippen LogP contribution in [0.4, 0.5) is 0 Å². The molecule has 4 rings (SSSR count). The second kappa shape index (κ2) is 10.4. The molecule has 6 heteroatoms. The first kappa shape index (κ1) is 21.4. The average molecular weight is 421 g/mol. The standard InChI is InChI=1S/C25H32N4O2/c1-31-24-17-26-11-9-22(24)21-8-7-20-10-14-29(23(20)15-21)18-25(30)28-13-12-27-16-19-5-3-2-4-6-19/h7-11,14-15,17,19,27H,2-6,12-13,16,18H2,1H3,(H,28,30). The van der Waals surface area contributed by atoms with Gasteiger partial charge in [0.15, 0.2) is 0 Å². The number of carbonyl (C=O) groups is 1. The fraction of sp³-hybridized carbons (Fsp3) is 0.440. The molecule has 1 aliphatic rings. The van der Waals surface area contributed by atoms with E-state index in [0.29, 0.717) is 13.1 Å². The highest BCUT2D eigenvalue weighted by molar-refractivity contribution is 5.88. The highest BCUT2D eigenvalue weighted by atomic mass is 16.5. The first-order valence-corrected chi connectivity index (χ1v) is 11.3. The van der Waals surface area contributed by atoms with Crippen LogP contribution in [0.25, 0.3) is 22.0 Å². The number of benzene rings is 1. The van der Waals surface area contributed by atoms with Crippen molar-refractivity contribution in [2.45, 2.75) is 38.6 Å². The first-order valence-electron chi connectivity index (χ1n) is 11.3. The minimum Gasteiger partial charge on any atom is -0.494 e. The summed E-state index contributed by atoms with van der Waals surface area (Å²) >= 11 is 0. The number of methoxy groups -OCH3 is 1. The van der Waals surface area contributed by atoms with E-state index >= 15 is 0 Å². The molecule has 31 heavy (non-hydrogen) atoms. The van der Waals surface area contributed by atoms with Crippen LogP contribution in [0.2, 0.25) is 0 Å². The van der Waals surface area contributed by atoms with Crippen molar-refractivity contribution in [2.24, 2.45) is 5.92 Å². The molecule has 1 amide bonds. The van der Waals surface area contributed by atoms with Crippen LogP contribution in [0.1, 0.15) is 32.1 Å². The zero-order valence-electron chi connectivity index (χ0n) is 18.3. The zero-order valence-corrected chi connectivity index (χ0v) is 18.3. The smallest absolute Gasteiger partial charge is 0.239 e. The van der Waals surface area contributed by atoms with Gasteiger partial charge >= 0.3 is 0 Å². The summed E-state index contributed by atoms with van der Waals surface area (Å²) in [6.07, 6.45) is 12.2. The van der Waals surface area contributed by atoms with Crippen LogP contribution < -0.4 is 15.4 Å². The monoisotopic (exact) mass is 420 g/mol. The van der Waals surface area contributed by atoms with Crippen molar-refractivity contribution in [3.8, 4) is 16.9 Å². The Kier molecular flexibility index (Phi) is 7.20. The summed E-state index contributed by atoms with van der Waals surface area (Å²) in [5.41, 5.74) is 3.06. The molecule has 1 aromatic carbocycles. The molecular formula is C25H32N4O2. The molecule has 0 saturated heterocycles. The molecule has 3 aromatic rings. The highest BCUT2D eigenvalue weighted by Crippen LogP contribution is 2.31. The highest BCUT2D eigenvalue weighted by Gasteiger charge is 2.13. The number of aromatic nitrogens is 2. The van der Waals surface area contributed by atoms with Crippen LogP contribution in [0.15, 0.2) is 48.9 Å². The van der Waals surface area contributed by atoms with E-state index in [0.717, 1.165) is 46.8 Å². The fourth-order valence-electron chi connectivity index (χ4n) is 4.47. The summed E-state index contributed by atoms with van der Waals surface area (Å²) in [5.74, 6) is 1.58. The van der Waals surface area contributed by atoms with Crippen LogP contribution in [0.3, 0.4) is 0 Å². The van der Waals surface area contributed by atoms with Gasteiger partial charge in [-0.25, -0.2) is 0 Å². The first-order chi connectivity index (χ1) is 15.2. The van der Waals surface area contributed by atoms with Crippen molar-refractivity contribution >= 4 is 16.8 Å². The minimum atomic E-state index is 0.0314. The van der Waals surface area contributed by atoms with Crippen molar-refractivity contribution < 1.29 is 9.53 Å². The lowest BCUT2D eigenvalue weighted by Crippen LogP contribution is -2.35. The van der Waals surface area contributed by atoms with Gasteiger partial charge in [-0.3, -0.25) is 9.78 Å². The van der Waals surface area contributed by atoms with Crippen molar-refractivity contribution in [3.05, 3.63) is 48.9 Å². The minimum absolute atomic E-state index is 0.0314. The number of hydrogen-bond donors (Lipinski definition) is 2. The Bertz CT molecular complexity index is 1010. The molecule has 2 heterocycles. The van der Waals surface area contributed by atoms with E-state index < -0.39 is 0 Å². The Morgan fingerprint density at radius 1 is 1.16 bits per heavy atom. The van der Waals surface area contributed by atoms with E-state index in [9.17, 15) is 4.79 Å². The topological polar surface area (TPSA) is 68.2 Å². The van der Waals surface area contributed by atoms with Crippen molar-refractivity contribution in [1.29, 1.82) is 0 Å². The van der Waals surface area contributed by atoms with Gasteiger partial charge in [0.25, 0.3) is 0 Å². The van der Waals surface area contributed by atoms with Gasteiger partial charge in [0.05, 0.1) is 13.3 Å². The predicted molar refractivity (Wildman–Crippen MR) is 124 cm³/mol. The Morgan fingerprint density at radius 3 is 2.87 bits per heavy atom. The molecule has 0 radical (unpaired) electrons. The Balaban J connectivity index is 1.33. The maximum Gasteiger partial charge on any atom is 0.239 e. The van der Waals surface area contributed by atoms with E-state index in [1.165, 1.54) is 32.1 Å². The molecule has 0 unspecified atom stereocenters. The lowest BCUT2D eigenvalue weighted by Gasteiger charge is -2.21. The van der Waals surface area contributed by atoms with Gasteiger partial charge in [-0.05, 0) is 54.5 Å². The Morgan fingerprint density at radius 2 is 2.03 bits per heavy atom. The second-order valence-corrected chi connectivity index (χ2v) is 8.35. The lowest BCUT2D eigenvalue weighted by atomic mass is 9.89. The van der Waals surface area contributed by atoms with Gasteiger partial charge in [-0.15, -0.1) is 0 Å². The number of ether oxygens (including phenoxy) is 1. The van der Waals surface area contributed by atoms with Gasteiger partial charge in [-0.2, -0.15) is 0 Å². The van der Waals surface area contributed by atoms with Gasteiger partial charge in [-0.1, -0.05) is 31.4 Å². The molecule has 1 fully saturated rings. The third kappa shape index (κ3) is 5.44. The second-order valence-electron chi connectivity index (χ2n) is 8.35. The largest absolute Gasteiger partial charge is 0.494 e. The summed E-state index contributed by atoms with van der Waals surface area (Å²) in [4.78, 5) is 16.6. The number of nitrogens with zero attached hydrogens (tertiary/aromatic N) is 2. The van der Waals surface area contributed by atoms with Gasteiger partial charge in [0.1, 0.15) is 12.3 Å². The van der Waals surface area contributed by atoms with Crippen LogP contribution in [-0.4, -0.2) is 42.2 Å². The molecule has 2 aromatic heterocycles. The van der Waals surface area contributed by atoms with E-state index in [4.69, 9.17) is 4.74 Å². The third-order valence-corrected chi connectivity index (χ3v) is 6.18. The van der Waals surface area contributed by atoms with E-state index in [2.05, 4.69) is 33.8 Å². The number of fused-ring (bicyclic) bond motifs is 1. The molecule has 2 N–H and O–H groups in total. The van der Waals surface area contributed by atoms with Crippen LogP contribution in [-0.2, 0) is 11.3 Å². The number of hydrogen-bond acceptors (Lipinski definition) is 4. The maximum absolute atomic E-state index is 12.5. The SMILES string of the molecule is COc1cnccc1-c1ccc2ccn(CC(=O)NCCNCC3CCCCC3)c2c1. The van der Waals surface area contributed by atoms with Crippen molar-refractivity contribution in [2.75, 3.05) is 26.7 Å². The molecule has 0 atom stereocenters. The number of amides is 1. The molecule has 6 nitrogen and oxygen atoms in total. The molecule has 1 aliphatic carbocycles. The summed E-state index contributed by atoms with van der Waals surface area (Å²) < 4.78 is 7.45. The number of pyridine rings is 1. The number of nitrogens with one attached hydrogen (secondary N) is 2. The molecule has 0 spiro atoms. The van der Waals surface area contributed by atoms with E-state index in [1.54, 1.807) is 19.5 Å². The lowest BCUT2D eigenvalue weighted by molar-refractivity contribution is -0.121. The summed E-state index contributed by atoms with van der Waals surface area (Å²) in [7, 11) is 1.65. The predicted octanol–water partition coefficient (Wildman–Crippen LogP) is 4.00. The maximum atomic E-state index is 12.5. The number of carbonyl (C=O) groups excluding carboxylic acids is 1. The Hall–Kier alpha value is -2.86. The number of rotatable bonds is 9. The van der Waals surface area contributed by atoms with E-state index in [1.807, 2.05) is 22.9 Å². The Labute approximate surface area is 184 Å². The molecular weight excluding hydrogens is 388 g/mol. The quantitative estimate of drug-likeness (QED) is 0.514. The van der Waals surface area contributed by atoms with Crippen molar-refractivity contribution in [3.63, 3.8) is 0 Å². The van der Waals surface area contributed by atoms with Crippen LogP contribution in [0.5, 0.6) is 5.75 Å². The van der Waals surface area contributed by atoms with Gasteiger partial charge < -0.3 is 19.9 Å². The zero-order chi connectivity index (χ0) is 21.5. The molecule has 0 aliphatic heterocycles. The van der Waals surface area contributed by atoms with Gasteiger partial charge in [0.2, 0.25) is 5.91 Å². The summed E-state index contributed by atoms with van der Waals surface area (Å²) in [6.45, 7) is 2.85. The van der Waals surface area contributed by atoms with Crippen LogP contribution >= 0.6 is 0 Å². The fourth-order valence-corrected chi connectivity index (χ4v) is 4.47. The summed E-state index contributed by atoms with van der Waals surface area (Å²) in [6, 6.07) is 10.2. The normalized spacial score (nSPS) is 14.6. The van der Waals surface area contributed by atoms with Crippen molar-refractivity contribution in [1.82, 2.24) is 20.2 Å². The van der Waals surface area contributed by atoms with E-state index in [-0.39, 0.29) is 5.91 Å². The molecule has 0 bridgehead atoms. The average Bonchev–Trinajstić information content (AvgIpc) is 3.21. The third-order valence-electron chi connectivity index (χ3n) is 6.18.